The van der Waals surface area contributed by atoms with Crippen molar-refractivity contribution >= 4 is 22.5 Å². The number of ether oxygens (including phenoxy) is 1. The number of hydrogen-bond donors (Lipinski definition) is 1. The van der Waals surface area contributed by atoms with Crippen molar-refractivity contribution in [3.63, 3.8) is 0 Å². The van der Waals surface area contributed by atoms with Gasteiger partial charge in [0.15, 0.2) is 5.82 Å². The number of benzene rings is 1. The molecule has 0 fully saturated rings. The fourth-order valence-electron chi connectivity index (χ4n) is 2.20. The molecule has 2 aromatic heterocycles. The van der Waals surface area contributed by atoms with Crippen LogP contribution in [0.25, 0.3) is 11.0 Å². The van der Waals surface area contributed by atoms with Crippen LogP contribution in [0.3, 0.4) is 0 Å². The molecule has 0 aliphatic heterocycles. The maximum atomic E-state index is 5.22. The molecule has 2 heterocycles. The van der Waals surface area contributed by atoms with Crippen LogP contribution in [0.1, 0.15) is 5.69 Å². The third kappa shape index (κ3) is 2.05. The van der Waals surface area contributed by atoms with E-state index < -0.39 is 0 Å². The Morgan fingerprint density at radius 1 is 1.25 bits per heavy atom. The summed E-state index contributed by atoms with van der Waals surface area (Å²) >= 11 is 0. The number of anilines is 2. The molecule has 0 aliphatic carbocycles. The van der Waals surface area contributed by atoms with Crippen LogP contribution in [-0.4, -0.2) is 26.9 Å². The summed E-state index contributed by atoms with van der Waals surface area (Å²) in [4.78, 5) is 8.59. The molecule has 0 bridgehead atoms. The number of hydrogen-bond acceptors (Lipinski definition) is 5. The zero-order valence-corrected chi connectivity index (χ0v) is 11.6. The van der Waals surface area contributed by atoms with E-state index in [0.717, 1.165) is 34.0 Å². The molecule has 3 rings (SSSR count). The average Bonchev–Trinajstić information content (AvgIpc) is 2.75. The van der Waals surface area contributed by atoms with E-state index in [4.69, 9.17) is 4.74 Å². The lowest BCUT2D eigenvalue weighted by Crippen LogP contribution is -1.99. The molecular weight excluding hydrogens is 254 g/mol. The van der Waals surface area contributed by atoms with Crippen LogP contribution >= 0.6 is 0 Å². The van der Waals surface area contributed by atoms with E-state index in [1.165, 1.54) is 0 Å². The minimum absolute atomic E-state index is 0.728. The molecule has 1 N–H and O–H groups in total. The van der Waals surface area contributed by atoms with Crippen LogP contribution in [0.2, 0.25) is 0 Å². The van der Waals surface area contributed by atoms with Gasteiger partial charge >= 0.3 is 0 Å². The van der Waals surface area contributed by atoms with Crippen LogP contribution in [0.4, 0.5) is 11.5 Å². The Hall–Kier alpha value is -2.63. The van der Waals surface area contributed by atoms with E-state index >= 15 is 0 Å². The van der Waals surface area contributed by atoms with E-state index in [1.807, 2.05) is 38.2 Å². The van der Waals surface area contributed by atoms with Gasteiger partial charge in [-0.1, -0.05) is 6.07 Å². The first-order valence-corrected chi connectivity index (χ1v) is 6.24. The van der Waals surface area contributed by atoms with Crippen LogP contribution in [0, 0.1) is 6.92 Å². The second kappa shape index (κ2) is 4.80. The second-order valence-corrected chi connectivity index (χ2v) is 4.49. The summed E-state index contributed by atoms with van der Waals surface area (Å²) in [5.41, 5.74) is 3.53. The molecule has 3 aromatic rings. The highest BCUT2D eigenvalue weighted by Crippen LogP contribution is 2.25. The summed E-state index contributed by atoms with van der Waals surface area (Å²) in [6.07, 6.45) is 1.54. The van der Waals surface area contributed by atoms with Gasteiger partial charge in [-0.05, 0) is 19.1 Å². The predicted octanol–water partition coefficient (Wildman–Crippen LogP) is 2.42. The van der Waals surface area contributed by atoms with Gasteiger partial charge in [0.2, 0.25) is 0 Å². The Bertz CT molecular complexity index is 765. The predicted molar refractivity (Wildman–Crippen MR) is 77.3 cm³/mol. The molecule has 0 amide bonds. The number of nitrogens with one attached hydrogen (secondary N) is 1. The normalized spacial score (nSPS) is 10.8. The monoisotopic (exact) mass is 269 g/mol. The summed E-state index contributed by atoms with van der Waals surface area (Å²) in [5, 5.41) is 7.66. The van der Waals surface area contributed by atoms with Crippen LogP contribution in [0.5, 0.6) is 5.75 Å². The molecule has 20 heavy (non-hydrogen) atoms. The first kappa shape index (κ1) is 12.4. The van der Waals surface area contributed by atoms with Gasteiger partial charge in [-0.2, -0.15) is 5.10 Å². The van der Waals surface area contributed by atoms with E-state index in [9.17, 15) is 0 Å². The third-order valence-corrected chi connectivity index (χ3v) is 3.12. The smallest absolute Gasteiger partial charge is 0.160 e. The summed E-state index contributed by atoms with van der Waals surface area (Å²) in [6, 6.07) is 7.69. The topological polar surface area (TPSA) is 64.9 Å². The number of nitrogens with zero attached hydrogens (tertiary/aromatic N) is 4. The number of aromatic nitrogens is 4. The van der Waals surface area contributed by atoms with E-state index in [2.05, 4.69) is 20.4 Å². The maximum Gasteiger partial charge on any atom is 0.160 e. The molecular formula is C14H15N5O. The van der Waals surface area contributed by atoms with Gasteiger partial charge in [-0.3, -0.25) is 4.68 Å². The zero-order valence-electron chi connectivity index (χ0n) is 11.6. The number of rotatable bonds is 3. The van der Waals surface area contributed by atoms with Gasteiger partial charge in [0.1, 0.15) is 23.1 Å². The van der Waals surface area contributed by atoms with Gasteiger partial charge < -0.3 is 10.1 Å². The lowest BCUT2D eigenvalue weighted by Gasteiger charge is -2.08. The van der Waals surface area contributed by atoms with Crippen molar-refractivity contribution in [2.24, 2.45) is 7.05 Å². The van der Waals surface area contributed by atoms with Crippen molar-refractivity contribution in [2.75, 3.05) is 12.4 Å². The molecule has 6 heteroatoms. The quantitative estimate of drug-likeness (QED) is 0.791. The fourth-order valence-corrected chi connectivity index (χ4v) is 2.20. The number of fused-ring (bicyclic) bond motifs is 1. The van der Waals surface area contributed by atoms with Gasteiger partial charge in [-0.15, -0.1) is 0 Å². The highest BCUT2D eigenvalue weighted by Gasteiger charge is 2.12. The van der Waals surface area contributed by atoms with Crippen molar-refractivity contribution in [3.8, 4) is 5.75 Å². The largest absolute Gasteiger partial charge is 0.497 e. The zero-order chi connectivity index (χ0) is 14.1. The summed E-state index contributed by atoms with van der Waals surface area (Å²) in [6.45, 7) is 1.94. The lowest BCUT2D eigenvalue weighted by molar-refractivity contribution is 0.415. The Morgan fingerprint density at radius 2 is 2.10 bits per heavy atom. The molecule has 0 spiro atoms. The van der Waals surface area contributed by atoms with Gasteiger partial charge in [0.05, 0.1) is 12.8 Å². The molecule has 0 saturated carbocycles. The van der Waals surface area contributed by atoms with Crippen LogP contribution in [0.15, 0.2) is 30.6 Å². The van der Waals surface area contributed by atoms with Crippen molar-refractivity contribution in [1.82, 2.24) is 19.7 Å². The SMILES string of the molecule is COc1cccc(Nc2ncnc3c(C)nn(C)c23)c1. The van der Waals surface area contributed by atoms with Gasteiger partial charge in [0, 0.05) is 18.8 Å². The molecule has 6 nitrogen and oxygen atoms in total. The summed E-state index contributed by atoms with van der Waals surface area (Å²) in [7, 11) is 3.53. The Balaban J connectivity index is 2.06. The number of aryl methyl sites for hydroxylation is 2. The molecule has 0 atom stereocenters. The summed E-state index contributed by atoms with van der Waals surface area (Å²) in [5.74, 6) is 1.52. The van der Waals surface area contributed by atoms with E-state index in [0.29, 0.717) is 0 Å². The lowest BCUT2D eigenvalue weighted by atomic mass is 10.3. The van der Waals surface area contributed by atoms with Crippen LogP contribution < -0.4 is 10.1 Å². The molecule has 0 saturated heterocycles. The average molecular weight is 269 g/mol. The minimum atomic E-state index is 0.728. The highest BCUT2D eigenvalue weighted by molar-refractivity contribution is 5.89. The fraction of sp³-hybridized carbons (Fsp3) is 0.214. The van der Waals surface area contributed by atoms with Gasteiger partial charge in [-0.25, -0.2) is 9.97 Å². The summed E-state index contributed by atoms with van der Waals surface area (Å²) < 4.78 is 7.00. The van der Waals surface area contributed by atoms with Crippen molar-refractivity contribution in [1.29, 1.82) is 0 Å². The molecule has 0 radical (unpaired) electrons. The maximum absolute atomic E-state index is 5.22. The van der Waals surface area contributed by atoms with Crippen LogP contribution in [-0.2, 0) is 7.05 Å². The van der Waals surface area contributed by atoms with Gasteiger partial charge in [0.25, 0.3) is 0 Å². The van der Waals surface area contributed by atoms with Crippen molar-refractivity contribution in [3.05, 3.63) is 36.3 Å². The highest BCUT2D eigenvalue weighted by atomic mass is 16.5. The second-order valence-electron chi connectivity index (χ2n) is 4.49. The Labute approximate surface area is 116 Å². The molecule has 0 unspecified atom stereocenters. The Kier molecular flexibility index (Phi) is 2.98. The van der Waals surface area contributed by atoms with E-state index in [1.54, 1.807) is 18.1 Å². The molecule has 102 valence electrons. The third-order valence-electron chi connectivity index (χ3n) is 3.12. The first-order chi connectivity index (χ1) is 9.69. The molecule has 1 aromatic carbocycles. The van der Waals surface area contributed by atoms with Crippen molar-refractivity contribution < 1.29 is 4.74 Å². The standard InChI is InChI=1S/C14H15N5O/c1-9-12-13(19(2)18-9)14(16-8-15-12)17-10-5-4-6-11(7-10)20-3/h4-8H,1-3H3,(H,15,16,17). The first-order valence-electron chi connectivity index (χ1n) is 6.24. The van der Waals surface area contributed by atoms with Crippen molar-refractivity contribution in [2.45, 2.75) is 6.92 Å². The molecule has 0 aliphatic rings. The Morgan fingerprint density at radius 3 is 2.90 bits per heavy atom. The number of methoxy groups -OCH3 is 1. The van der Waals surface area contributed by atoms with E-state index in [-0.39, 0.29) is 0 Å². The minimum Gasteiger partial charge on any atom is -0.497 e.